The van der Waals surface area contributed by atoms with Crippen molar-refractivity contribution in [3.05, 3.63) is 87.2 Å². The minimum atomic E-state index is -0.392. The first-order chi connectivity index (χ1) is 14.7. The molecule has 160 valence electrons. The monoisotopic (exact) mass is 457 g/mol. The van der Waals surface area contributed by atoms with E-state index in [2.05, 4.69) is 22.4 Å². The van der Waals surface area contributed by atoms with Crippen molar-refractivity contribution in [1.29, 1.82) is 0 Å². The number of nitrogens with zero attached hydrogens (tertiary/aromatic N) is 2. The van der Waals surface area contributed by atoms with Gasteiger partial charge in [0.2, 0.25) is 0 Å². The highest BCUT2D eigenvalue weighted by atomic mass is 35.5. The third-order valence-corrected chi connectivity index (χ3v) is 6.47. The summed E-state index contributed by atoms with van der Waals surface area (Å²) >= 11 is 1.80. The number of rotatable bonds is 4. The van der Waals surface area contributed by atoms with E-state index in [1.807, 2.05) is 6.07 Å². The van der Waals surface area contributed by atoms with Crippen molar-refractivity contribution in [3.63, 3.8) is 0 Å². The molecule has 1 aliphatic rings. The van der Waals surface area contributed by atoms with Crippen LogP contribution in [0.1, 0.15) is 22.6 Å². The maximum atomic E-state index is 12.9. The van der Waals surface area contributed by atoms with E-state index < -0.39 is 5.82 Å². The standard InChI is InChI=1S/C23H20FN3O2S.ClH/c24-15-3-4-16(26-12-15)14-29-18-7-9-27(23(28)11-18)17-5-6-20-19-2-1-8-25-13-22(19)30-21(20)10-17;/h3-7,9-12,25H,1-2,8,13-14H2;1H. The van der Waals surface area contributed by atoms with Gasteiger partial charge in [-0.05, 0) is 60.7 Å². The number of aromatic nitrogens is 2. The molecule has 4 heterocycles. The molecule has 1 aromatic carbocycles. The summed E-state index contributed by atoms with van der Waals surface area (Å²) in [6.07, 6.45) is 5.11. The summed E-state index contributed by atoms with van der Waals surface area (Å²) in [7, 11) is 0. The molecular weight excluding hydrogens is 437 g/mol. The highest BCUT2D eigenvalue weighted by Gasteiger charge is 2.15. The number of hydrogen-bond donors (Lipinski definition) is 1. The second-order valence-electron chi connectivity index (χ2n) is 7.29. The van der Waals surface area contributed by atoms with Gasteiger partial charge in [0.05, 0.1) is 17.6 Å². The summed E-state index contributed by atoms with van der Waals surface area (Å²) in [6, 6.07) is 12.3. The minimum absolute atomic E-state index is 0. The lowest BCUT2D eigenvalue weighted by molar-refractivity contribution is 0.300. The summed E-state index contributed by atoms with van der Waals surface area (Å²) in [5.74, 6) is 0.0640. The Kier molecular flexibility index (Phi) is 6.36. The molecule has 31 heavy (non-hydrogen) atoms. The molecule has 1 aliphatic heterocycles. The Morgan fingerprint density at radius 2 is 2.10 bits per heavy atom. The molecule has 0 fully saturated rings. The highest BCUT2D eigenvalue weighted by Crippen LogP contribution is 2.34. The number of pyridine rings is 2. The Labute approximate surface area is 188 Å². The highest BCUT2D eigenvalue weighted by molar-refractivity contribution is 7.19. The van der Waals surface area contributed by atoms with Gasteiger partial charge in [0.1, 0.15) is 18.2 Å². The number of benzene rings is 1. The first-order valence-electron chi connectivity index (χ1n) is 9.89. The van der Waals surface area contributed by atoms with Crippen LogP contribution in [0.5, 0.6) is 5.75 Å². The van der Waals surface area contributed by atoms with Crippen molar-refractivity contribution in [2.45, 2.75) is 26.0 Å². The zero-order valence-electron chi connectivity index (χ0n) is 16.6. The van der Waals surface area contributed by atoms with Crippen LogP contribution in [0.25, 0.3) is 15.8 Å². The lowest BCUT2D eigenvalue weighted by Crippen LogP contribution is -2.16. The Hall–Kier alpha value is -2.74. The van der Waals surface area contributed by atoms with E-state index >= 15 is 0 Å². The lowest BCUT2D eigenvalue weighted by Gasteiger charge is -2.09. The maximum Gasteiger partial charge on any atom is 0.258 e. The summed E-state index contributed by atoms with van der Waals surface area (Å²) in [4.78, 5) is 18.0. The molecule has 8 heteroatoms. The van der Waals surface area contributed by atoms with Crippen LogP contribution in [0.4, 0.5) is 4.39 Å². The van der Waals surface area contributed by atoms with Crippen LogP contribution >= 0.6 is 23.7 Å². The van der Waals surface area contributed by atoms with Gasteiger partial charge in [-0.3, -0.25) is 14.3 Å². The third-order valence-electron chi connectivity index (χ3n) is 5.27. The van der Waals surface area contributed by atoms with Crippen molar-refractivity contribution < 1.29 is 9.13 Å². The molecule has 0 amide bonds. The van der Waals surface area contributed by atoms with Gasteiger partial charge in [0, 0.05) is 28.4 Å². The average Bonchev–Trinajstić information content (AvgIpc) is 2.93. The van der Waals surface area contributed by atoms with Gasteiger partial charge >= 0.3 is 0 Å². The molecule has 0 unspecified atom stereocenters. The Morgan fingerprint density at radius 1 is 1.19 bits per heavy atom. The third kappa shape index (κ3) is 4.49. The predicted octanol–water partition coefficient (Wildman–Crippen LogP) is 4.62. The molecule has 4 aromatic rings. The maximum absolute atomic E-state index is 12.9. The number of hydrogen-bond acceptors (Lipinski definition) is 5. The largest absolute Gasteiger partial charge is 0.487 e. The zero-order valence-corrected chi connectivity index (χ0v) is 18.3. The molecule has 1 N–H and O–H groups in total. The summed E-state index contributed by atoms with van der Waals surface area (Å²) in [5.41, 5.74) is 2.71. The van der Waals surface area contributed by atoms with E-state index in [4.69, 9.17) is 4.74 Å². The van der Waals surface area contributed by atoms with Crippen LogP contribution in [0.15, 0.2) is 59.7 Å². The van der Waals surface area contributed by atoms with E-state index in [0.717, 1.165) is 37.8 Å². The van der Waals surface area contributed by atoms with E-state index in [-0.39, 0.29) is 24.6 Å². The average molecular weight is 458 g/mol. The molecule has 0 saturated heterocycles. The number of fused-ring (bicyclic) bond motifs is 3. The number of aryl methyl sites for hydroxylation is 1. The Bertz CT molecular complexity index is 1270. The molecule has 5 rings (SSSR count). The smallest absolute Gasteiger partial charge is 0.258 e. The van der Waals surface area contributed by atoms with Gasteiger partial charge < -0.3 is 10.1 Å². The van der Waals surface area contributed by atoms with Gasteiger partial charge in [0.25, 0.3) is 5.56 Å². The molecule has 3 aromatic heterocycles. The number of ether oxygens (including phenoxy) is 1. The molecular formula is C23H21ClFN3O2S. The fraction of sp³-hybridized carbons (Fsp3) is 0.217. The van der Waals surface area contributed by atoms with Crippen LogP contribution in [-0.4, -0.2) is 16.1 Å². The normalized spacial score (nSPS) is 13.3. The fourth-order valence-corrected chi connectivity index (χ4v) is 5.02. The van der Waals surface area contributed by atoms with Gasteiger partial charge in [-0.1, -0.05) is 6.07 Å². The van der Waals surface area contributed by atoms with E-state index in [1.165, 1.54) is 32.7 Å². The fourth-order valence-electron chi connectivity index (χ4n) is 3.76. The van der Waals surface area contributed by atoms with E-state index in [9.17, 15) is 9.18 Å². The zero-order chi connectivity index (χ0) is 20.5. The molecule has 0 bridgehead atoms. The predicted molar refractivity (Wildman–Crippen MR) is 123 cm³/mol. The van der Waals surface area contributed by atoms with Crippen LogP contribution in [0, 0.1) is 5.82 Å². The van der Waals surface area contributed by atoms with Gasteiger partial charge in [-0.15, -0.1) is 23.7 Å². The Morgan fingerprint density at radius 3 is 2.90 bits per heavy atom. The van der Waals surface area contributed by atoms with Crippen molar-refractivity contribution in [1.82, 2.24) is 14.9 Å². The van der Waals surface area contributed by atoms with Gasteiger partial charge in [-0.25, -0.2) is 4.39 Å². The molecule has 0 saturated carbocycles. The second kappa shape index (κ2) is 9.18. The molecule has 0 spiro atoms. The number of halogens is 2. The van der Waals surface area contributed by atoms with Crippen molar-refractivity contribution in [2.75, 3.05) is 6.54 Å². The Balaban J connectivity index is 0.00000231. The SMILES string of the molecule is Cl.O=c1cc(OCc2ccc(F)cn2)ccn1-c1ccc2c3c(sc2c1)CNCCC3. The van der Waals surface area contributed by atoms with E-state index in [0.29, 0.717) is 11.4 Å². The van der Waals surface area contributed by atoms with Crippen LogP contribution in [0.3, 0.4) is 0 Å². The second-order valence-corrected chi connectivity index (χ2v) is 8.43. The first kappa shape index (κ1) is 21.5. The molecule has 0 radical (unpaired) electrons. The molecule has 5 nitrogen and oxygen atoms in total. The number of thiophene rings is 1. The topological polar surface area (TPSA) is 56.1 Å². The molecule has 0 aliphatic carbocycles. The van der Waals surface area contributed by atoms with Crippen LogP contribution < -0.4 is 15.6 Å². The molecule has 0 atom stereocenters. The van der Waals surface area contributed by atoms with Crippen molar-refractivity contribution in [3.8, 4) is 11.4 Å². The van der Waals surface area contributed by atoms with Crippen LogP contribution in [-0.2, 0) is 19.6 Å². The minimum Gasteiger partial charge on any atom is -0.487 e. The van der Waals surface area contributed by atoms with Crippen LogP contribution in [0.2, 0.25) is 0 Å². The van der Waals surface area contributed by atoms with Gasteiger partial charge in [-0.2, -0.15) is 0 Å². The number of nitrogens with one attached hydrogen (secondary N) is 1. The summed E-state index contributed by atoms with van der Waals surface area (Å²) in [6.45, 7) is 2.14. The van der Waals surface area contributed by atoms with E-state index in [1.54, 1.807) is 34.2 Å². The van der Waals surface area contributed by atoms with Gasteiger partial charge in [0.15, 0.2) is 0 Å². The van der Waals surface area contributed by atoms with Crippen molar-refractivity contribution >= 4 is 33.8 Å². The lowest BCUT2D eigenvalue weighted by atomic mass is 10.1. The van der Waals surface area contributed by atoms with Crippen molar-refractivity contribution in [2.24, 2.45) is 0 Å². The summed E-state index contributed by atoms with van der Waals surface area (Å²) in [5, 5.41) is 4.76. The summed E-state index contributed by atoms with van der Waals surface area (Å²) < 4.78 is 21.4. The quantitative estimate of drug-likeness (QED) is 0.485. The first-order valence-corrected chi connectivity index (χ1v) is 10.7.